The second kappa shape index (κ2) is 10.1. The summed E-state index contributed by atoms with van der Waals surface area (Å²) in [7, 11) is -0.503. The highest BCUT2D eigenvalue weighted by Gasteiger charge is 2.14. The monoisotopic (exact) mass is 392 g/mol. The van der Waals surface area contributed by atoms with E-state index in [1.54, 1.807) is 7.11 Å². The molecule has 2 rings (SSSR count). The van der Waals surface area contributed by atoms with Crippen molar-refractivity contribution in [2.75, 3.05) is 33.9 Å². The minimum absolute atomic E-state index is 0.103. The zero-order valence-corrected chi connectivity index (χ0v) is 16.2. The van der Waals surface area contributed by atoms with E-state index in [0.29, 0.717) is 18.5 Å². The molecule has 1 amide bonds. The molecule has 0 spiro atoms. The second-order valence-corrected chi connectivity index (χ2v) is 7.54. The normalized spacial score (nSPS) is 11.2. The number of hydrogen-bond donors (Lipinski definition) is 2. The Balaban J connectivity index is 1.89. The minimum atomic E-state index is -3.61. The minimum Gasteiger partial charge on any atom is -0.497 e. The van der Waals surface area contributed by atoms with Crippen LogP contribution in [0, 0.1) is 0 Å². The van der Waals surface area contributed by atoms with Crippen LogP contribution in [-0.2, 0) is 21.2 Å². The van der Waals surface area contributed by atoms with E-state index >= 15 is 0 Å². The van der Waals surface area contributed by atoms with E-state index in [1.165, 1.54) is 31.4 Å². The van der Waals surface area contributed by atoms with Gasteiger partial charge in [0.2, 0.25) is 10.0 Å². The molecule has 146 valence electrons. The van der Waals surface area contributed by atoms with Gasteiger partial charge in [0, 0.05) is 25.8 Å². The largest absolute Gasteiger partial charge is 0.497 e. The molecule has 2 N–H and O–H groups in total. The average Bonchev–Trinajstić information content (AvgIpc) is 2.68. The van der Waals surface area contributed by atoms with Gasteiger partial charge in [-0.15, -0.1) is 0 Å². The van der Waals surface area contributed by atoms with Crippen molar-refractivity contribution < 1.29 is 22.7 Å². The van der Waals surface area contributed by atoms with E-state index in [2.05, 4.69) is 10.0 Å². The molecule has 7 nitrogen and oxygen atoms in total. The van der Waals surface area contributed by atoms with E-state index in [9.17, 15) is 13.2 Å². The van der Waals surface area contributed by atoms with E-state index in [1.807, 2.05) is 24.3 Å². The van der Waals surface area contributed by atoms with E-state index in [0.717, 1.165) is 11.3 Å². The summed E-state index contributed by atoms with van der Waals surface area (Å²) in [5, 5.41) is 2.82. The van der Waals surface area contributed by atoms with E-state index < -0.39 is 10.0 Å². The number of hydrogen-bond acceptors (Lipinski definition) is 5. The van der Waals surface area contributed by atoms with Crippen LogP contribution in [0.15, 0.2) is 53.4 Å². The zero-order valence-electron chi connectivity index (χ0n) is 15.4. The van der Waals surface area contributed by atoms with Crippen molar-refractivity contribution >= 4 is 15.9 Å². The maximum absolute atomic E-state index is 12.2. The van der Waals surface area contributed by atoms with Crippen molar-refractivity contribution in [1.82, 2.24) is 10.0 Å². The lowest BCUT2D eigenvalue weighted by Crippen LogP contribution is -2.28. The molecule has 0 unspecified atom stereocenters. The van der Waals surface area contributed by atoms with Crippen LogP contribution in [0.1, 0.15) is 15.9 Å². The van der Waals surface area contributed by atoms with Gasteiger partial charge < -0.3 is 14.8 Å². The first kappa shape index (κ1) is 20.9. The third kappa shape index (κ3) is 6.35. The van der Waals surface area contributed by atoms with Crippen molar-refractivity contribution in [1.29, 1.82) is 0 Å². The Kier molecular flexibility index (Phi) is 7.78. The summed E-state index contributed by atoms with van der Waals surface area (Å²) < 4.78 is 36.6. The predicted octanol–water partition coefficient (Wildman–Crippen LogP) is 1.59. The second-order valence-electron chi connectivity index (χ2n) is 5.77. The van der Waals surface area contributed by atoms with Crippen molar-refractivity contribution in [2.45, 2.75) is 11.3 Å². The molecule has 27 heavy (non-hydrogen) atoms. The van der Waals surface area contributed by atoms with E-state index in [-0.39, 0.29) is 24.0 Å². The summed E-state index contributed by atoms with van der Waals surface area (Å²) in [6, 6.07) is 13.4. The number of carbonyl (C=O) groups excluding carboxylic acids is 1. The van der Waals surface area contributed by atoms with Crippen LogP contribution in [0.2, 0.25) is 0 Å². The Morgan fingerprint density at radius 3 is 2.44 bits per heavy atom. The van der Waals surface area contributed by atoms with Crippen LogP contribution >= 0.6 is 0 Å². The molecule has 0 aliphatic carbocycles. The Labute approximate surface area is 159 Å². The Hall–Kier alpha value is -2.42. The van der Waals surface area contributed by atoms with Crippen molar-refractivity contribution in [3.05, 3.63) is 59.7 Å². The number of benzene rings is 2. The van der Waals surface area contributed by atoms with Gasteiger partial charge in [-0.25, -0.2) is 13.1 Å². The number of amides is 1. The number of sulfonamides is 1. The van der Waals surface area contributed by atoms with Gasteiger partial charge in [0.25, 0.3) is 5.91 Å². The van der Waals surface area contributed by atoms with Crippen LogP contribution in [0.4, 0.5) is 0 Å². The SMILES string of the molecule is COCCNS(=O)(=O)c1ccc(C(=O)NCCc2cccc(OC)c2)cc1. The van der Waals surface area contributed by atoms with Gasteiger partial charge in [-0.3, -0.25) is 4.79 Å². The van der Waals surface area contributed by atoms with Crippen LogP contribution in [0.3, 0.4) is 0 Å². The highest BCUT2D eigenvalue weighted by atomic mass is 32.2. The van der Waals surface area contributed by atoms with Gasteiger partial charge >= 0.3 is 0 Å². The van der Waals surface area contributed by atoms with Crippen molar-refractivity contribution in [3.8, 4) is 5.75 Å². The topological polar surface area (TPSA) is 93.7 Å². The van der Waals surface area contributed by atoms with Gasteiger partial charge in [-0.05, 0) is 48.4 Å². The number of rotatable bonds is 10. The smallest absolute Gasteiger partial charge is 0.251 e. The van der Waals surface area contributed by atoms with E-state index in [4.69, 9.17) is 9.47 Å². The molecule has 0 saturated carbocycles. The summed E-state index contributed by atoms with van der Waals surface area (Å²) in [6.07, 6.45) is 0.665. The summed E-state index contributed by atoms with van der Waals surface area (Å²) >= 11 is 0. The first-order valence-corrected chi connectivity index (χ1v) is 9.94. The molecule has 0 radical (unpaired) electrons. The predicted molar refractivity (Wildman–Crippen MR) is 103 cm³/mol. The molecule has 0 aliphatic heterocycles. The van der Waals surface area contributed by atoms with Crippen LogP contribution in [-0.4, -0.2) is 48.2 Å². The molecular formula is C19H24N2O5S. The fourth-order valence-electron chi connectivity index (χ4n) is 2.40. The molecule has 8 heteroatoms. The molecule has 0 aliphatic rings. The van der Waals surface area contributed by atoms with Crippen molar-refractivity contribution in [3.63, 3.8) is 0 Å². The maximum Gasteiger partial charge on any atom is 0.251 e. The molecule has 2 aromatic rings. The highest BCUT2D eigenvalue weighted by molar-refractivity contribution is 7.89. The fourth-order valence-corrected chi connectivity index (χ4v) is 3.41. The standard InChI is InChI=1S/C19H24N2O5S/c1-25-13-12-21-27(23,24)18-8-6-16(7-9-18)19(22)20-11-10-15-4-3-5-17(14-15)26-2/h3-9,14,21H,10-13H2,1-2H3,(H,20,22). The molecule has 0 atom stereocenters. The van der Waals surface area contributed by atoms with Gasteiger partial charge in [-0.1, -0.05) is 12.1 Å². The van der Waals surface area contributed by atoms with Crippen LogP contribution < -0.4 is 14.8 Å². The van der Waals surface area contributed by atoms with Gasteiger partial charge in [0.15, 0.2) is 0 Å². The van der Waals surface area contributed by atoms with Gasteiger partial charge in [-0.2, -0.15) is 0 Å². The molecule has 0 aromatic heterocycles. The molecular weight excluding hydrogens is 368 g/mol. The lowest BCUT2D eigenvalue weighted by atomic mass is 10.1. The summed E-state index contributed by atoms with van der Waals surface area (Å²) in [5.41, 5.74) is 1.45. The van der Waals surface area contributed by atoms with Gasteiger partial charge in [0.1, 0.15) is 5.75 Å². The molecule has 0 heterocycles. The summed E-state index contributed by atoms with van der Waals surface area (Å²) in [4.78, 5) is 12.3. The lowest BCUT2D eigenvalue weighted by molar-refractivity contribution is 0.0954. The number of carbonyl (C=O) groups is 1. The maximum atomic E-state index is 12.2. The van der Waals surface area contributed by atoms with Crippen LogP contribution in [0.5, 0.6) is 5.75 Å². The number of methoxy groups -OCH3 is 2. The Bertz CT molecular complexity index is 851. The average molecular weight is 392 g/mol. The number of nitrogens with one attached hydrogen (secondary N) is 2. The first-order chi connectivity index (χ1) is 13.0. The van der Waals surface area contributed by atoms with Crippen LogP contribution in [0.25, 0.3) is 0 Å². The summed E-state index contributed by atoms with van der Waals surface area (Å²) in [6.45, 7) is 0.934. The quantitative estimate of drug-likeness (QED) is 0.599. The lowest BCUT2D eigenvalue weighted by Gasteiger charge is -2.09. The Morgan fingerprint density at radius 2 is 1.78 bits per heavy atom. The third-order valence-electron chi connectivity index (χ3n) is 3.86. The third-order valence-corrected chi connectivity index (χ3v) is 5.34. The molecule has 0 bridgehead atoms. The fraction of sp³-hybridized carbons (Fsp3) is 0.316. The first-order valence-electron chi connectivity index (χ1n) is 8.46. The Morgan fingerprint density at radius 1 is 1.04 bits per heavy atom. The molecule has 0 saturated heterocycles. The van der Waals surface area contributed by atoms with Crippen molar-refractivity contribution in [2.24, 2.45) is 0 Å². The highest BCUT2D eigenvalue weighted by Crippen LogP contribution is 2.13. The molecule has 2 aromatic carbocycles. The molecule has 0 fully saturated rings. The number of ether oxygens (including phenoxy) is 2. The summed E-state index contributed by atoms with van der Waals surface area (Å²) in [5.74, 6) is 0.518. The zero-order chi connectivity index (χ0) is 19.7. The van der Waals surface area contributed by atoms with Gasteiger partial charge in [0.05, 0.1) is 18.6 Å².